The van der Waals surface area contributed by atoms with E-state index in [1.165, 1.54) is 0 Å². The van der Waals surface area contributed by atoms with Crippen molar-refractivity contribution in [3.05, 3.63) is 47.1 Å². The van der Waals surface area contributed by atoms with Gasteiger partial charge in [-0.15, -0.1) is 0 Å². The average Bonchev–Trinajstić information content (AvgIpc) is 2.50. The minimum Gasteiger partial charge on any atom is -0.506 e. The number of halogens is 1. The largest absolute Gasteiger partial charge is 0.506 e. The molecule has 2 aromatic rings. The summed E-state index contributed by atoms with van der Waals surface area (Å²) in [6.45, 7) is 1.59. The van der Waals surface area contributed by atoms with Gasteiger partial charge in [0, 0.05) is 19.7 Å². The number of ether oxygens (including phenoxy) is 2. The molecule has 0 aliphatic carbocycles. The van der Waals surface area contributed by atoms with Gasteiger partial charge >= 0.3 is 0 Å². The molecule has 5 nitrogen and oxygen atoms in total. The summed E-state index contributed by atoms with van der Waals surface area (Å²) in [6.07, 6.45) is 1.70. The van der Waals surface area contributed by atoms with Crippen LogP contribution >= 0.6 is 11.6 Å². The third kappa shape index (κ3) is 4.81. The van der Waals surface area contributed by atoms with E-state index in [1.54, 1.807) is 31.5 Å². The highest BCUT2D eigenvalue weighted by Gasteiger charge is 2.01. The van der Waals surface area contributed by atoms with Crippen LogP contribution in [0, 0.1) is 0 Å². The van der Waals surface area contributed by atoms with Gasteiger partial charge in [-0.3, -0.25) is 0 Å². The van der Waals surface area contributed by atoms with E-state index in [9.17, 15) is 5.11 Å². The fourth-order valence-electron chi connectivity index (χ4n) is 1.66. The lowest BCUT2D eigenvalue weighted by atomic mass is 10.2. The fraction of sp³-hybridized carbons (Fsp3) is 0.267. The van der Waals surface area contributed by atoms with E-state index in [0.717, 1.165) is 11.3 Å². The molecule has 6 heteroatoms. The molecule has 1 aromatic heterocycles. The van der Waals surface area contributed by atoms with Crippen LogP contribution in [0.2, 0.25) is 5.02 Å². The van der Waals surface area contributed by atoms with Gasteiger partial charge in [-0.05, 0) is 23.8 Å². The standard InChI is InChI=1S/C15H17ClN2O3/c1-20-6-7-21-15-5-3-12(10-18-15)17-9-11-2-4-14(19)13(16)8-11/h2-5,8,10,17,19H,6-7,9H2,1H3. The predicted octanol–water partition coefficient (Wildman–Crippen LogP) is 3.08. The summed E-state index contributed by atoms with van der Waals surface area (Å²) in [6, 6.07) is 8.78. The summed E-state index contributed by atoms with van der Waals surface area (Å²) in [4.78, 5) is 4.19. The van der Waals surface area contributed by atoms with Crippen molar-refractivity contribution in [3.63, 3.8) is 0 Å². The normalized spacial score (nSPS) is 10.4. The number of hydrogen-bond acceptors (Lipinski definition) is 5. The maximum atomic E-state index is 9.36. The van der Waals surface area contributed by atoms with Crippen LogP contribution in [-0.4, -0.2) is 30.4 Å². The van der Waals surface area contributed by atoms with Gasteiger partial charge in [-0.1, -0.05) is 17.7 Å². The van der Waals surface area contributed by atoms with Gasteiger partial charge in [0.05, 0.1) is 23.5 Å². The van der Waals surface area contributed by atoms with Crippen molar-refractivity contribution >= 4 is 17.3 Å². The van der Waals surface area contributed by atoms with Crippen molar-refractivity contribution in [2.75, 3.05) is 25.6 Å². The van der Waals surface area contributed by atoms with E-state index in [-0.39, 0.29) is 5.75 Å². The van der Waals surface area contributed by atoms with E-state index >= 15 is 0 Å². The van der Waals surface area contributed by atoms with E-state index in [2.05, 4.69) is 10.3 Å². The van der Waals surface area contributed by atoms with Crippen molar-refractivity contribution in [2.45, 2.75) is 6.54 Å². The Labute approximate surface area is 128 Å². The zero-order valence-electron chi connectivity index (χ0n) is 11.7. The van der Waals surface area contributed by atoms with Crippen molar-refractivity contribution in [3.8, 4) is 11.6 Å². The Morgan fingerprint density at radius 2 is 2.10 bits per heavy atom. The van der Waals surface area contributed by atoms with E-state index in [4.69, 9.17) is 21.1 Å². The van der Waals surface area contributed by atoms with Crippen LogP contribution in [0.25, 0.3) is 0 Å². The monoisotopic (exact) mass is 308 g/mol. The Balaban J connectivity index is 1.86. The van der Waals surface area contributed by atoms with Gasteiger partial charge < -0.3 is 19.9 Å². The summed E-state index contributed by atoms with van der Waals surface area (Å²) >= 11 is 5.86. The molecule has 0 spiro atoms. The van der Waals surface area contributed by atoms with E-state index in [0.29, 0.717) is 30.7 Å². The van der Waals surface area contributed by atoms with Gasteiger partial charge in [0.15, 0.2) is 0 Å². The van der Waals surface area contributed by atoms with Crippen molar-refractivity contribution < 1.29 is 14.6 Å². The highest BCUT2D eigenvalue weighted by molar-refractivity contribution is 6.32. The third-order valence-electron chi connectivity index (χ3n) is 2.78. The van der Waals surface area contributed by atoms with Gasteiger partial charge in [-0.25, -0.2) is 4.98 Å². The first-order valence-electron chi connectivity index (χ1n) is 6.48. The first-order valence-corrected chi connectivity index (χ1v) is 6.86. The molecule has 0 fully saturated rings. The van der Waals surface area contributed by atoms with Crippen LogP contribution in [0.1, 0.15) is 5.56 Å². The number of methoxy groups -OCH3 is 1. The van der Waals surface area contributed by atoms with Crippen LogP contribution in [0.3, 0.4) is 0 Å². The SMILES string of the molecule is COCCOc1ccc(NCc2ccc(O)c(Cl)c2)cn1. The molecule has 2 N–H and O–H groups in total. The second kappa shape index (κ2) is 7.71. The number of hydrogen-bond donors (Lipinski definition) is 2. The summed E-state index contributed by atoms with van der Waals surface area (Å²) in [5.41, 5.74) is 1.84. The van der Waals surface area contributed by atoms with Crippen LogP contribution < -0.4 is 10.1 Å². The molecule has 0 aliphatic rings. The Kier molecular flexibility index (Phi) is 5.66. The number of pyridine rings is 1. The number of anilines is 1. The summed E-state index contributed by atoms with van der Waals surface area (Å²) in [5, 5.41) is 12.9. The van der Waals surface area contributed by atoms with Crippen LogP contribution in [-0.2, 0) is 11.3 Å². The van der Waals surface area contributed by atoms with E-state index < -0.39 is 0 Å². The number of benzene rings is 1. The molecule has 0 radical (unpaired) electrons. The first kappa shape index (κ1) is 15.4. The topological polar surface area (TPSA) is 63.6 Å². The Bertz CT molecular complexity index is 576. The lowest BCUT2D eigenvalue weighted by molar-refractivity contribution is 0.144. The van der Waals surface area contributed by atoms with E-state index in [1.807, 2.05) is 12.1 Å². The zero-order chi connectivity index (χ0) is 15.1. The van der Waals surface area contributed by atoms with Crippen LogP contribution in [0.5, 0.6) is 11.6 Å². The number of aromatic hydroxyl groups is 1. The maximum absolute atomic E-state index is 9.36. The number of aromatic nitrogens is 1. The molecule has 0 unspecified atom stereocenters. The Morgan fingerprint density at radius 1 is 1.24 bits per heavy atom. The first-order chi connectivity index (χ1) is 10.2. The third-order valence-corrected chi connectivity index (χ3v) is 3.09. The molecular formula is C15H17ClN2O3. The molecule has 0 atom stereocenters. The van der Waals surface area contributed by atoms with Gasteiger partial charge in [-0.2, -0.15) is 0 Å². The molecule has 1 heterocycles. The molecule has 0 bridgehead atoms. The van der Waals surface area contributed by atoms with Crippen LogP contribution in [0.4, 0.5) is 5.69 Å². The highest BCUT2D eigenvalue weighted by atomic mass is 35.5. The zero-order valence-corrected chi connectivity index (χ0v) is 12.4. The van der Waals surface area contributed by atoms with Gasteiger partial charge in [0.2, 0.25) is 5.88 Å². The predicted molar refractivity (Wildman–Crippen MR) is 82.1 cm³/mol. The number of nitrogens with one attached hydrogen (secondary N) is 1. The minimum absolute atomic E-state index is 0.0830. The summed E-state index contributed by atoms with van der Waals surface area (Å²) in [5.74, 6) is 0.643. The lowest BCUT2D eigenvalue weighted by Crippen LogP contribution is -2.05. The molecule has 1 aromatic carbocycles. The quantitative estimate of drug-likeness (QED) is 0.770. The van der Waals surface area contributed by atoms with Gasteiger partial charge in [0.25, 0.3) is 0 Å². The van der Waals surface area contributed by atoms with Crippen molar-refractivity contribution in [2.24, 2.45) is 0 Å². The Morgan fingerprint density at radius 3 is 2.76 bits per heavy atom. The molecular weight excluding hydrogens is 292 g/mol. The van der Waals surface area contributed by atoms with Gasteiger partial charge in [0.1, 0.15) is 12.4 Å². The second-order valence-corrected chi connectivity index (χ2v) is 4.77. The summed E-state index contributed by atoms with van der Waals surface area (Å²) < 4.78 is 10.3. The highest BCUT2D eigenvalue weighted by Crippen LogP contribution is 2.24. The smallest absolute Gasteiger partial charge is 0.213 e. The molecule has 112 valence electrons. The molecule has 0 saturated heterocycles. The van der Waals surface area contributed by atoms with Crippen molar-refractivity contribution in [1.82, 2.24) is 4.98 Å². The second-order valence-electron chi connectivity index (χ2n) is 4.37. The Hall–Kier alpha value is -1.98. The summed E-state index contributed by atoms with van der Waals surface area (Å²) in [7, 11) is 1.62. The minimum atomic E-state index is 0.0830. The average molecular weight is 309 g/mol. The number of nitrogens with zero attached hydrogens (tertiary/aromatic N) is 1. The number of phenolic OH excluding ortho intramolecular Hbond substituents is 1. The molecule has 21 heavy (non-hydrogen) atoms. The maximum Gasteiger partial charge on any atom is 0.213 e. The van der Waals surface area contributed by atoms with Crippen LogP contribution in [0.15, 0.2) is 36.5 Å². The molecule has 0 amide bonds. The molecule has 0 saturated carbocycles. The molecule has 2 rings (SSSR count). The number of rotatable bonds is 7. The van der Waals surface area contributed by atoms with Crippen molar-refractivity contribution in [1.29, 1.82) is 0 Å². The number of phenols is 1. The lowest BCUT2D eigenvalue weighted by Gasteiger charge is -2.08. The molecule has 0 aliphatic heterocycles. The fourth-order valence-corrected chi connectivity index (χ4v) is 1.87.